The first kappa shape index (κ1) is 8.50. The average molecular weight is 172 g/mol. The van der Waals surface area contributed by atoms with Crippen LogP contribution in [0.5, 0.6) is 0 Å². The number of pyridine rings is 1. The summed E-state index contributed by atoms with van der Waals surface area (Å²) < 4.78 is 0. The Bertz CT molecular complexity index is 239. The van der Waals surface area contributed by atoms with Crippen molar-refractivity contribution in [1.82, 2.24) is 4.98 Å². The second kappa shape index (κ2) is 3.69. The van der Waals surface area contributed by atoms with Crippen molar-refractivity contribution in [2.24, 2.45) is 0 Å². The average Bonchev–Trinajstić information content (AvgIpc) is 2.04. The molecule has 0 aliphatic heterocycles. The smallest absolute Gasteiger partial charge is 0.0972 e. The van der Waals surface area contributed by atoms with E-state index in [1.54, 1.807) is 18.3 Å². The Hall–Kier alpha value is -0.600. The van der Waals surface area contributed by atoms with Gasteiger partial charge < -0.3 is 5.11 Å². The van der Waals surface area contributed by atoms with E-state index in [1.165, 1.54) is 0 Å². The molecule has 1 aromatic heterocycles. The fourth-order valence-corrected chi connectivity index (χ4v) is 1.08. The summed E-state index contributed by atoms with van der Waals surface area (Å²) in [5, 5.41) is 9.89. The fraction of sp³-hybridized carbons (Fsp3) is 0.375. The van der Waals surface area contributed by atoms with Crippen molar-refractivity contribution < 1.29 is 5.11 Å². The van der Waals surface area contributed by atoms with Crippen LogP contribution in [-0.2, 0) is 0 Å². The van der Waals surface area contributed by atoms with E-state index < -0.39 is 6.10 Å². The van der Waals surface area contributed by atoms with Crippen molar-refractivity contribution in [3.05, 3.63) is 29.0 Å². The second-order valence-corrected chi connectivity index (χ2v) is 2.70. The van der Waals surface area contributed by atoms with Crippen molar-refractivity contribution in [3.63, 3.8) is 0 Å². The van der Waals surface area contributed by atoms with Crippen LogP contribution in [0.25, 0.3) is 0 Å². The Morgan fingerprint density at radius 3 is 3.00 bits per heavy atom. The Morgan fingerprint density at radius 1 is 1.73 bits per heavy atom. The number of aliphatic hydroxyl groups is 1. The van der Waals surface area contributed by atoms with Crippen LogP contribution >= 0.6 is 11.6 Å². The lowest BCUT2D eigenvalue weighted by atomic mass is 10.2. The first-order valence-electron chi connectivity index (χ1n) is 3.54. The van der Waals surface area contributed by atoms with E-state index >= 15 is 0 Å². The summed E-state index contributed by atoms with van der Waals surface area (Å²) in [5.41, 5.74) is 0.566. The maximum Gasteiger partial charge on any atom is 0.0972 e. The summed E-state index contributed by atoms with van der Waals surface area (Å²) in [6.45, 7) is 1.88. The number of aliphatic hydroxyl groups excluding tert-OH is 1. The lowest BCUT2D eigenvalue weighted by molar-refractivity contribution is 0.169. The molecule has 0 saturated heterocycles. The highest BCUT2D eigenvalue weighted by molar-refractivity contribution is 6.31. The highest BCUT2D eigenvalue weighted by atomic mass is 35.5. The molecule has 2 nitrogen and oxygen atoms in total. The van der Waals surface area contributed by atoms with Crippen molar-refractivity contribution in [2.45, 2.75) is 19.4 Å². The number of hydrogen-bond donors (Lipinski definition) is 1. The van der Waals surface area contributed by atoms with E-state index in [2.05, 4.69) is 4.98 Å². The molecule has 60 valence electrons. The maximum absolute atomic E-state index is 9.36. The summed E-state index contributed by atoms with van der Waals surface area (Å²) >= 11 is 5.78. The maximum atomic E-state index is 9.36. The molecule has 1 heterocycles. The minimum absolute atomic E-state index is 0.529. The molecule has 0 aromatic carbocycles. The summed E-state index contributed by atoms with van der Waals surface area (Å²) in [4.78, 5) is 3.97. The highest BCUT2D eigenvalue weighted by Gasteiger charge is 2.08. The minimum Gasteiger partial charge on any atom is -0.387 e. The molecule has 3 heteroatoms. The number of rotatable bonds is 2. The van der Waals surface area contributed by atoms with Gasteiger partial charge in [-0.05, 0) is 18.6 Å². The molecular formula is C8H10ClNO. The molecule has 11 heavy (non-hydrogen) atoms. The molecule has 0 bridgehead atoms. The number of aromatic nitrogens is 1. The van der Waals surface area contributed by atoms with Gasteiger partial charge in [-0.3, -0.25) is 4.98 Å². The van der Waals surface area contributed by atoms with Crippen LogP contribution in [0, 0.1) is 0 Å². The molecular weight excluding hydrogens is 162 g/mol. The highest BCUT2D eigenvalue weighted by Crippen LogP contribution is 2.21. The Kier molecular flexibility index (Phi) is 2.85. The van der Waals surface area contributed by atoms with Gasteiger partial charge in [-0.15, -0.1) is 0 Å². The van der Waals surface area contributed by atoms with Crippen LogP contribution < -0.4 is 0 Å². The third-order valence-corrected chi connectivity index (χ3v) is 1.81. The van der Waals surface area contributed by atoms with E-state index in [9.17, 15) is 5.11 Å². The van der Waals surface area contributed by atoms with Gasteiger partial charge in [-0.25, -0.2) is 0 Å². The molecule has 1 N–H and O–H groups in total. The third-order valence-electron chi connectivity index (χ3n) is 1.49. The summed E-state index contributed by atoms with van der Waals surface area (Å²) in [6, 6.07) is 3.47. The largest absolute Gasteiger partial charge is 0.387 e. The zero-order valence-corrected chi connectivity index (χ0v) is 7.04. The van der Waals surface area contributed by atoms with Gasteiger partial charge in [0, 0.05) is 6.20 Å². The van der Waals surface area contributed by atoms with Gasteiger partial charge in [0.2, 0.25) is 0 Å². The Labute approximate surface area is 70.8 Å². The molecule has 0 aliphatic carbocycles. The first-order valence-corrected chi connectivity index (χ1v) is 3.92. The van der Waals surface area contributed by atoms with Crippen molar-refractivity contribution in [3.8, 4) is 0 Å². The number of nitrogens with zero attached hydrogens (tertiary/aromatic N) is 1. The molecule has 0 fully saturated rings. The quantitative estimate of drug-likeness (QED) is 0.740. The topological polar surface area (TPSA) is 33.1 Å². The van der Waals surface area contributed by atoms with Gasteiger partial charge in [-0.1, -0.05) is 18.5 Å². The summed E-state index contributed by atoms with van der Waals surface area (Å²) in [5.74, 6) is 0. The lowest BCUT2D eigenvalue weighted by Gasteiger charge is -2.07. The molecule has 0 radical (unpaired) electrons. The van der Waals surface area contributed by atoms with E-state index in [1.807, 2.05) is 6.92 Å². The number of halogens is 1. The molecule has 0 saturated carbocycles. The van der Waals surface area contributed by atoms with Gasteiger partial charge in [0.25, 0.3) is 0 Å². The molecule has 0 amide bonds. The molecule has 0 aliphatic rings. The van der Waals surface area contributed by atoms with Crippen LogP contribution in [0.2, 0.25) is 5.02 Å². The minimum atomic E-state index is -0.538. The Balaban J connectivity index is 2.93. The predicted molar refractivity (Wildman–Crippen MR) is 44.5 cm³/mol. The summed E-state index contributed by atoms with van der Waals surface area (Å²) in [6.07, 6.45) is 1.72. The van der Waals surface area contributed by atoms with Gasteiger partial charge in [-0.2, -0.15) is 0 Å². The van der Waals surface area contributed by atoms with Crippen molar-refractivity contribution in [1.29, 1.82) is 0 Å². The van der Waals surface area contributed by atoms with Crippen LogP contribution in [0.1, 0.15) is 25.1 Å². The van der Waals surface area contributed by atoms with Gasteiger partial charge >= 0.3 is 0 Å². The monoisotopic (exact) mass is 171 g/mol. The van der Waals surface area contributed by atoms with Gasteiger partial charge in [0.15, 0.2) is 0 Å². The van der Waals surface area contributed by atoms with E-state index in [4.69, 9.17) is 11.6 Å². The zero-order valence-electron chi connectivity index (χ0n) is 6.29. The SMILES string of the molecule is CC[C@@H](O)c1ncccc1Cl. The second-order valence-electron chi connectivity index (χ2n) is 2.29. The predicted octanol–water partition coefficient (Wildman–Crippen LogP) is 2.18. The summed E-state index contributed by atoms with van der Waals surface area (Å²) in [7, 11) is 0. The molecule has 0 spiro atoms. The molecule has 0 unspecified atom stereocenters. The van der Waals surface area contributed by atoms with E-state index in [-0.39, 0.29) is 0 Å². The van der Waals surface area contributed by atoms with Gasteiger partial charge in [0.1, 0.15) is 0 Å². The van der Waals surface area contributed by atoms with Gasteiger partial charge in [0.05, 0.1) is 16.8 Å². The van der Waals surface area contributed by atoms with Crippen LogP contribution in [0.15, 0.2) is 18.3 Å². The lowest BCUT2D eigenvalue weighted by Crippen LogP contribution is -1.98. The van der Waals surface area contributed by atoms with Crippen LogP contribution in [0.3, 0.4) is 0 Å². The molecule has 1 aromatic rings. The van der Waals surface area contributed by atoms with E-state index in [0.29, 0.717) is 17.1 Å². The Morgan fingerprint density at radius 2 is 2.45 bits per heavy atom. The zero-order chi connectivity index (χ0) is 8.27. The first-order chi connectivity index (χ1) is 5.25. The van der Waals surface area contributed by atoms with E-state index in [0.717, 1.165) is 0 Å². The third kappa shape index (κ3) is 1.91. The van der Waals surface area contributed by atoms with Crippen LogP contribution in [-0.4, -0.2) is 10.1 Å². The fourth-order valence-electron chi connectivity index (χ4n) is 0.836. The normalized spacial score (nSPS) is 13.0. The standard InChI is InChI=1S/C8H10ClNO/c1-2-7(11)8-6(9)4-3-5-10-8/h3-5,7,11H,2H2,1H3/t7-/m1/s1. The molecule has 1 atom stereocenters. The number of hydrogen-bond acceptors (Lipinski definition) is 2. The van der Waals surface area contributed by atoms with Crippen LogP contribution in [0.4, 0.5) is 0 Å². The van der Waals surface area contributed by atoms with Crippen molar-refractivity contribution >= 4 is 11.6 Å². The van der Waals surface area contributed by atoms with Crippen molar-refractivity contribution in [2.75, 3.05) is 0 Å². The molecule has 1 rings (SSSR count).